The SMILES string of the molecule is OCC1CCC(n2cnc3c(NC(c4ccccc4)c4ccccc4)ncnc32)O1. The molecule has 7 heteroatoms. The zero-order valence-corrected chi connectivity index (χ0v) is 16.4. The first-order valence-electron chi connectivity index (χ1n) is 10.1. The fourth-order valence-corrected chi connectivity index (χ4v) is 3.98. The number of imidazole rings is 1. The molecule has 2 unspecified atom stereocenters. The van der Waals surface area contributed by atoms with Gasteiger partial charge in [-0.2, -0.15) is 0 Å². The molecular formula is C23H23N5O2. The normalized spacial score (nSPS) is 18.9. The van der Waals surface area contributed by atoms with Gasteiger partial charge in [0.25, 0.3) is 0 Å². The van der Waals surface area contributed by atoms with Crippen LogP contribution in [0.5, 0.6) is 0 Å². The topological polar surface area (TPSA) is 85.1 Å². The lowest BCUT2D eigenvalue weighted by atomic mass is 9.99. The molecule has 5 rings (SSSR count). The van der Waals surface area contributed by atoms with Crippen molar-refractivity contribution < 1.29 is 9.84 Å². The van der Waals surface area contributed by atoms with Crippen LogP contribution >= 0.6 is 0 Å². The molecule has 1 aliphatic heterocycles. The largest absolute Gasteiger partial charge is 0.394 e. The van der Waals surface area contributed by atoms with E-state index in [0.29, 0.717) is 11.3 Å². The van der Waals surface area contributed by atoms with Gasteiger partial charge in [0, 0.05) is 0 Å². The monoisotopic (exact) mass is 401 g/mol. The molecule has 0 radical (unpaired) electrons. The number of nitrogens with one attached hydrogen (secondary N) is 1. The van der Waals surface area contributed by atoms with Crippen LogP contribution in [0.2, 0.25) is 0 Å². The summed E-state index contributed by atoms with van der Waals surface area (Å²) >= 11 is 0. The molecule has 2 atom stereocenters. The van der Waals surface area contributed by atoms with Crippen LogP contribution < -0.4 is 5.32 Å². The summed E-state index contributed by atoms with van der Waals surface area (Å²) in [6.45, 7) is 0.0285. The smallest absolute Gasteiger partial charge is 0.167 e. The molecule has 0 saturated carbocycles. The number of aromatic nitrogens is 4. The van der Waals surface area contributed by atoms with E-state index in [4.69, 9.17) is 4.74 Å². The number of fused-ring (bicyclic) bond motifs is 1. The molecule has 0 aliphatic carbocycles. The van der Waals surface area contributed by atoms with E-state index in [9.17, 15) is 5.11 Å². The number of benzene rings is 2. The number of nitrogens with zero attached hydrogens (tertiary/aromatic N) is 4. The van der Waals surface area contributed by atoms with E-state index in [-0.39, 0.29) is 25.0 Å². The van der Waals surface area contributed by atoms with Gasteiger partial charge in [0.15, 0.2) is 17.0 Å². The van der Waals surface area contributed by atoms with Gasteiger partial charge < -0.3 is 15.2 Å². The van der Waals surface area contributed by atoms with Crippen LogP contribution in [-0.2, 0) is 4.74 Å². The first kappa shape index (κ1) is 18.7. The molecule has 1 saturated heterocycles. The van der Waals surface area contributed by atoms with E-state index in [1.165, 1.54) is 0 Å². The van der Waals surface area contributed by atoms with Crippen molar-refractivity contribution in [1.29, 1.82) is 0 Å². The van der Waals surface area contributed by atoms with Gasteiger partial charge in [0.2, 0.25) is 0 Å². The molecule has 152 valence electrons. The van der Waals surface area contributed by atoms with E-state index in [0.717, 1.165) is 29.6 Å². The Labute approximate surface area is 174 Å². The Bertz CT molecular complexity index is 1080. The Balaban J connectivity index is 1.51. The van der Waals surface area contributed by atoms with E-state index in [2.05, 4.69) is 44.5 Å². The maximum Gasteiger partial charge on any atom is 0.167 e. The first-order chi connectivity index (χ1) is 14.8. The highest BCUT2D eigenvalue weighted by atomic mass is 16.5. The van der Waals surface area contributed by atoms with E-state index in [1.54, 1.807) is 12.7 Å². The second-order valence-electron chi connectivity index (χ2n) is 7.42. The number of aliphatic hydroxyl groups is 1. The van der Waals surface area contributed by atoms with Gasteiger partial charge >= 0.3 is 0 Å². The molecule has 2 aromatic heterocycles. The molecule has 4 aromatic rings. The van der Waals surface area contributed by atoms with Gasteiger partial charge in [-0.25, -0.2) is 15.0 Å². The molecule has 2 aromatic carbocycles. The molecular weight excluding hydrogens is 378 g/mol. The van der Waals surface area contributed by atoms with Crippen LogP contribution in [0.1, 0.15) is 36.2 Å². The summed E-state index contributed by atoms with van der Waals surface area (Å²) in [5.41, 5.74) is 3.70. The van der Waals surface area contributed by atoms with Gasteiger partial charge in [-0.15, -0.1) is 0 Å². The minimum Gasteiger partial charge on any atom is -0.394 e. The average Bonchev–Trinajstić information content (AvgIpc) is 3.46. The maximum atomic E-state index is 9.37. The second-order valence-corrected chi connectivity index (χ2v) is 7.42. The van der Waals surface area contributed by atoms with Crippen LogP contribution in [0.3, 0.4) is 0 Å². The fourth-order valence-electron chi connectivity index (χ4n) is 3.98. The van der Waals surface area contributed by atoms with Crippen molar-refractivity contribution in [3.05, 3.63) is 84.4 Å². The summed E-state index contributed by atoms with van der Waals surface area (Å²) in [5, 5.41) is 12.9. The Morgan fingerprint density at radius 3 is 2.30 bits per heavy atom. The fraction of sp³-hybridized carbons (Fsp3) is 0.261. The Hall–Kier alpha value is -3.29. The average molecular weight is 401 g/mol. The highest BCUT2D eigenvalue weighted by Crippen LogP contribution is 2.32. The Kier molecular flexibility index (Phi) is 5.13. The lowest BCUT2D eigenvalue weighted by Crippen LogP contribution is -2.15. The van der Waals surface area contributed by atoms with Crippen molar-refractivity contribution in [1.82, 2.24) is 19.5 Å². The number of hydrogen-bond acceptors (Lipinski definition) is 6. The molecule has 7 nitrogen and oxygen atoms in total. The maximum absolute atomic E-state index is 9.37. The molecule has 0 bridgehead atoms. The molecule has 2 N–H and O–H groups in total. The molecule has 0 spiro atoms. The number of anilines is 1. The Morgan fingerprint density at radius 1 is 0.967 bits per heavy atom. The highest BCUT2D eigenvalue weighted by molar-refractivity contribution is 5.83. The third-order valence-electron chi connectivity index (χ3n) is 5.50. The number of rotatable bonds is 6. The third kappa shape index (κ3) is 3.53. The summed E-state index contributed by atoms with van der Waals surface area (Å²) in [7, 11) is 0. The summed E-state index contributed by atoms with van der Waals surface area (Å²) in [6.07, 6.45) is 4.63. The minimum absolute atomic E-state index is 0.0285. The second kappa shape index (κ2) is 8.22. The van der Waals surface area contributed by atoms with Gasteiger partial charge in [-0.3, -0.25) is 4.57 Å². The standard InChI is InChI=1S/C23H23N5O2/c29-13-18-11-12-19(30-18)28-15-26-21-22(24-14-25-23(21)28)27-20(16-7-3-1-4-8-16)17-9-5-2-6-10-17/h1-10,14-15,18-20,29H,11-13H2,(H,24,25,27). The van der Waals surface area contributed by atoms with E-state index >= 15 is 0 Å². The van der Waals surface area contributed by atoms with E-state index < -0.39 is 0 Å². The third-order valence-corrected chi connectivity index (χ3v) is 5.50. The Morgan fingerprint density at radius 2 is 1.67 bits per heavy atom. The van der Waals surface area contributed by atoms with E-state index in [1.807, 2.05) is 41.0 Å². The predicted molar refractivity (Wildman–Crippen MR) is 114 cm³/mol. The number of hydrogen-bond donors (Lipinski definition) is 2. The zero-order valence-electron chi connectivity index (χ0n) is 16.4. The summed E-state index contributed by atoms with van der Waals surface area (Å²) < 4.78 is 7.84. The van der Waals surface area contributed by atoms with Crippen molar-refractivity contribution in [3.63, 3.8) is 0 Å². The number of aliphatic hydroxyl groups excluding tert-OH is 1. The summed E-state index contributed by atoms with van der Waals surface area (Å²) in [6, 6.07) is 20.5. The number of ether oxygens (including phenoxy) is 1. The van der Waals surface area contributed by atoms with Crippen molar-refractivity contribution in [2.45, 2.75) is 31.2 Å². The van der Waals surface area contributed by atoms with Crippen LogP contribution in [0.4, 0.5) is 5.82 Å². The van der Waals surface area contributed by atoms with Crippen LogP contribution in [0.25, 0.3) is 11.2 Å². The van der Waals surface area contributed by atoms with Crippen LogP contribution in [-0.4, -0.2) is 37.3 Å². The minimum atomic E-state index is -0.172. The molecule has 1 aliphatic rings. The highest BCUT2D eigenvalue weighted by Gasteiger charge is 2.28. The molecule has 3 heterocycles. The van der Waals surface area contributed by atoms with Crippen LogP contribution in [0.15, 0.2) is 73.3 Å². The molecule has 0 amide bonds. The first-order valence-corrected chi connectivity index (χ1v) is 10.1. The molecule has 30 heavy (non-hydrogen) atoms. The zero-order chi connectivity index (χ0) is 20.3. The van der Waals surface area contributed by atoms with Gasteiger partial charge in [-0.1, -0.05) is 60.7 Å². The lowest BCUT2D eigenvalue weighted by molar-refractivity contribution is -0.0207. The van der Waals surface area contributed by atoms with Crippen molar-refractivity contribution in [2.24, 2.45) is 0 Å². The molecule has 1 fully saturated rings. The van der Waals surface area contributed by atoms with Gasteiger partial charge in [0.1, 0.15) is 12.6 Å². The van der Waals surface area contributed by atoms with Crippen molar-refractivity contribution in [3.8, 4) is 0 Å². The predicted octanol–water partition coefficient (Wildman–Crippen LogP) is 3.70. The van der Waals surface area contributed by atoms with Gasteiger partial charge in [-0.05, 0) is 24.0 Å². The van der Waals surface area contributed by atoms with Gasteiger partial charge in [0.05, 0.1) is 25.1 Å². The quantitative estimate of drug-likeness (QED) is 0.512. The van der Waals surface area contributed by atoms with Crippen LogP contribution in [0, 0.1) is 0 Å². The van der Waals surface area contributed by atoms with Crippen molar-refractivity contribution in [2.75, 3.05) is 11.9 Å². The lowest BCUT2D eigenvalue weighted by Gasteiger charge is -2.20. The summed E-state index contributed by atoms with van der Waals surface area (Å²) in [5.74, 6) is 0.674. The summed E-state index contributed by atoms with van der Waals surface area (Å²) in [4.78, 5) is 13.5. The van der Waals surface area contributed by atoms with Crippen molar-refractivity contribution >= 4 is 17.0 Å².